The van der Waals surface area contributed by atoms with Crippen LogP contribution in [0.3, 0.4) is 0 Å². The molecule has 0 spiro atoms. The molecule has 0 aromatic rings. The average Bonchev–Trinajstić information content (AvgIpc) is 3.22. The van der Waals surface area contributed by atoms with Crippen molar-refractivity contribution in [1.29, 1.82) is 0 Å². The summed E-state index contributed by atoms with van der Waals surface area (Å²) in [5.41, 5.74) is 0. The lowest BCUT2D eigenvalue weighted by molar-refractivity contribution is 0.0941. The first-order valence-corrected chi connectivity index (χ1v) is 7.54. The fourth-order valence-electron chi connectivity index (χ4n) is 2.95. The van der Waals surface area contributed by atoms with Gasteiger partial charge in [-0.25, -0.2) is 0 Å². The molecule has 0 aromatic heterocycles. The maximum atomic E-state index is 3.63. The topological polar surface area (TPSA) is 18.5 Å². The molecule has 3 rings (SSSR count). The molecule has 1 aliphatic heterocycles. The Hall–Kier alpha value is -0.120. The zero-order valence-electron chi connectivity index (χ0n) is 11.2. The SMILES string of the molecule is CC(CCNC1CC1)N1CCN(C2CC2)CC1. The van der Waals surface area contributed by atoms with E-state index in [9.17, 15) is 0 Å². The van der Waals surface area contributed by atoms with Gasteiger partial charge in [0.25, 0.3) is 0 Å². The fourth-order valence-corrected chi connectivity index (χ4v) is 2.95. The molecular formula is C14H27N3. The molecule has 98 valence electrons. The highest BCUT2D eigenvalue weighted by Gasteiger charge is 2.32. The monoisotopic (exact) mass is 237 g/mol. The minimum absolute atomic E-state index is 0.766. The third-order valence-corrected chi connectivity index (χ3v) is 4.61. The van der Waals surface area contributed by atoms with Crippen LogP contribution in [0.2, 0.25) is 0 Å². The molecule has 1 N–H and O–H groups in total. The highest BCUT2D eigenvalue weighted by molar-refractivity contribution is 4.88. The predicted molar refractivity (Wildman–Crippen MR) is 71.3 cm³/mol. The first-order chi connectivity index (χ1) is 8.33. The number of piperazine rings is 1. The molecule has 0 amide bonds. The Kier molecular flexibility index (Phi) is 3.69. The summed E-state index contributed by atoms with van der Waals surface area (Å²) in [4.78, 5) is 5.39. The maximum absolute atomic E-state index is 3.63. The Balaban J connectivity index is 1.32. The van der Waals surface area contributed by atoms with Gasteiger partial charge in [-0.1, -0.05) is 0 Å². The van der Waals surface area contributed by atoms with E-state index in [1.807, 2.05) is 0 Å². The minimum Gasteiger partial charge on any atom is -0.314 e. The molecule has 3 nitrogen and oxygen atoms in total. The quantitative estimate of drug-likeness (QED) is 0.751. The van der Waals surface area contributed by atoms with E-state index in [1.165, 1.54) is 64.8 Å². The second-order valence-electron chi connectivity index (χ2n) is 6.17. The van der Waals surface area contributed by atoms with Gasteiger partial charge >= 0.3 is 0 Å². The highest BCUT2D eigenvalue weighted by Crippen LogP contribution is 2.27. The summed E-state index contributed by atoms with van der Waals surface area (Å²) in [5.74, 6) is 0. The van der Waals surface area contributed by atoms with Crippen LogP contribution in [0.5, 0.6) is 0 Å². The van der Waals surface area contributed by atoms with Crippen molar-refractivity contribution in [1.82, 2.24) is 15.1 Å². The van der Waals surface area contributed by atoms with Gasteiger partial charge in [0, 0.05) is 44.3 Å². The van der Waals surface area contributed by atoms with Crippen molar-refractivity contribution in [3.63, 3.8) is 0 Å². The van der Waals surface area contributed by atoms with Gasteiger partial charge in [0.2, 0.25) is 0 Å². The van der Waals surface area contributed by atoms with E-state index < -0.39 is 0 Å². The molecule has 3 fully saturated rings. The molecule has 1 atom stereocenters. The first-order valence-electron chi connectivity index (χ1n) is 7.54. The van der Waals surface area contributed by atoms with Crippen molar-refractivity contribution < 1.29 is 0 Å². The van der Waals surface area contributed by atoms with E-state index in [4.69, 9.17) is 0 Å². The van der Waals surface area contributed by atoms with Crippen LogP contribution in [0.1, 0.15) is 39.0 Å². The van der Waals surface area contributed by atoms with Gasteiger partial charge in [0.05, 0.1) is 0 Å². The molecular weight excluding hydrogens is 210 g/mol. The largest absolute Gasteiger partial charge is 0.314 e. The Morgan fingerprint density at radius 3 is 2.35 bits per heavy atom. The van der Waals surface area contributed by atoms with Gasteiger partial charge in [-0.15, -0.1) is 0 Å². The van der Waals surface area contributed by atoms with Crippen molar-refractivity contribution in [2.24, 2.45) is 0 Å². The maximum Gasteiger partial charge on any atom is 0.0113 e. The van der Waals surface area contributed by atoms with Crippen molar-refractivity contribution >= 4 is 0 Å². The molecule has 2 saturated carbocycles. The summed E-state index contributed by atoms with van der Waals surface area (Å²) in [6.45, 7) is 8.83. The molecule has 0 aromatic carbocycles. The standard InChI is InChI=1S/C14H27N3/c1-12(6-7-15-13-2-3-13)16-8-10-17(11-9-16)14-4-5-14/h12-15H,2-11H2,1H3. The van der Waals surface area contributed by atoms with Crippen molar-refractivity contribution in [3.05, 3.63) is 0 Å². The Labute approximate surface area is 106 Å². The van der Waals surface area contributed by atoms with Crippen LogP contribution >= 0.6 is 0 Å². The van der Waals surface area contributed by atoms with Crippen molar-refractivity contribution in [3.8, 4) is 0 Å². The third-order valence-electron chi connectivity index (χ3n) is 4.61. The highest BCUT2D eigenvalue weighted by atomic mass is 15.3. The van der Waals surface area contributed by atoms with Crippen LogP contribution in [-0.2, 0) is 0 Å². The van der Waals surface area contributed by atoms with Crippen LogP contribution in [-0.4, -0.2) is 60.6 Å². The average molecular weight is 237 g/mol. The fraction of sp³-hybridized carbons (Fsp3) is 1.00. The first kappa shape index (κ1) is 11.9. The molecule has 3 heteroatoms. The molecule has 1 saturated heterocycles. The Morgan fingerprint density at radius 2 is 1.76 bits per heavy atom. The van der Waals surface area contributed by atoms with Crippen LogP contribution < -0.4 is 5.32 Å². The summed E-state index contributed by atoms with van der Waals surface area (Å²) in [6.07, 6.45) is 7.06. The molecule has 3 aliphatic rings. The summed E-state index contributed by atoms with van der Waals surface area (Å²) in [7, 11) is 0. The van der Waals surface area contributed by atoms with E-state index >= 15 is 0 Å². The van der Waals surface area contributed by atoms with Crippen LogP contribution in [0.4, 0.5) is 0 Å². The van der Waals surface area contributed by atoms with E-state index in [0.29, 0.717) is 0 Å². The number of hydrogen-bond donors (Lipinski definition) is 1. The van der Waals surface area contributed by atoms with Gasteiger partial charge in [-0.3, -0.25) is 9.80 Å². The molecule has 17 heavy (non-hydrogen) atoms. The number of rotatable bonds is 6. The molecule has 1 unspecified atom stereocenters. The normalized spacial score (nSPS) is 29.5. The van der Waals surface area contributed by atoms with Gasteiger partial charge in [0.1, 0.15) is 0 Å². The smallest absolute Gasteiger partial charge is 0.0113 e. The van der Waals surface area contributed by atoms with Crippen LogP contribution in [0.15, 0.2) is 0 Å². The second-order valence-corrected chi connectivity index (χ2v) is 6.17. The summed E-state index contributed by atoms with van der Waals surface area (Å²) in [6, 6.07) is 2.60. The van der Waals surface area contributed by atoms with Gasteiger partial charge in [-0.05, 0) is 45.6 Å². The zero-order chi connectivity index (χ0) is 11.7. The number of nitrogens with zero attached hydrogens (tertiary/aromatic N) is 2. The second kappa shape index (κ2) is 5.25. The summed E-state index contributed by atoms with van der Waals surface area (Å²) >= 11 is 0. The lowest BCUT2D eigenvalue weighted by Gasteiger charge is -2.38. The van der Waals surface area contributed by atoms with E-state index in [1.54, 1.807) is 0 Å². The van der Waals surface area contributed by atoms with Crippen molar-refractivity contribution in [2.75, 3.05) is 32.7 Å². The van der Waals surface area contributed by atoms with Crippen LogP contribution in [0, 0.1) is 0 Å². The van der Waals surface area contributed by atoms with E-state index in [0.717, 1.165) is 18.1 Å². The lowest BCUT2D eigenvalue weighted by atomic mass is 10.1. The summed E-state index contributed by atoms with van der Waals surface area (Å²) < 4.78 is 0. The van der Waals surface area contributed by atoms with Gasteiger partial charge in [-0.2, -0.15) is 0 Å². The minimum atomic E-state index is 0.766. The van der Waals surface area contributed by atoms with Crippen LogP contribution in [0.25, 0.3) is 0 Å². The molecule has 0 bridgehead atoms. The zero-order valence-corrected chi connectivity index (χ0v) is 11.2. The predicted octanol–water partition coefficient (Wildman–Crippen LogP) is 1.30. The number of nitrogens with one attached hydrogen (secondary N) is 1. The molecule has 1 heterocycles. The lowest BCUT2D eigenvalue weighted by Crippen LogP contribution is -2.50. The van der Waals surface area contributed by atoms with Gasteiger partial charge in [0.15, 0.2) is 0 Å². The van der Waals surface area contributed by atoms with Gasteiger partial charge < -0.3 is 5.32 Å². The number of hydrogen-bond acceptors (Lipinski definition) is 3. The Bertz CT molecular complexity index is 240. The Morgan fingerprint density at radius 1 is 1.06 bits per heavy atom. The molecule has 0 radical (unpaired) electrons. The van der Waals surface area contributed by atoms with E-state index in [2.05, 4.69) is 22.0 Å². The third kappa shape index (κ3) is 3.43. The molecule has 2 aliphatic carbocycles. The van der Waals surface area contributed by atoms with E-state index in [-0.39, 0.29) is 0 Å². The van der Waals surface area contributed by atoms with Crippen molar-refractivity contribution in [2.45, 2.75) is 57.2 Å². The summed E-state index contributed by atoms with van der Waals surface area (Å²) in [5, 5.41) is 3.63.